The third kappa shape index (κ3) is 27.1. The van der Waals surface area contributed by atoms with Crippen molar-refractivity contribution in [3.05, 3.63) is 203 Å². The second-order valence-electron chi connectivity index (χ2n) is 27.7. The zero-order chi connectivity index (χ0) is 80.4. The summed E-state index contributed by atoms with van der Waals surface area (Å²) in [4.78, 5) is 65.0. The zero-order valence-corrected chi connectivity index (χ0v) is 67.3. The number of ether oxygens (including phenoxy) is 4. The van der Waals surface area contributed by atoms with Crippen molar-refractivity contribution < 1.29 is 81.0 Å². The number of para-hydroxylation sites is 3. The summed E-state index contributed by atoms with van der Waals surface area (Å²) in [5.41, 5.74) is 30.3. The van der Waals surface area contributed by atoms with Crippen molar-refractivity contribution in [2.45, 2.75) is 175 Å². The molecule has 3 heterocycles. The fourth-order valence-corrected chi connectivity index (χ4v) is 11.3. The topological polar surface area (TPSA) is 371 Å². The number of anilines is 4. The van der Waals surface area contributed by atoms with Gasteiger partial charge in [0.05, 0.1) is 93.3 Å². The molecule has 0 aromatic heterocycles. The lowest BCUT2D eigenvalue weighted by molar-refractivity contribution is -0.384. The number of nitrogens with zero attached hydrogens (tertiary/aromatic N) is 2. The lowest BCUT2D eigenvalue weighted by Crippen LogP contribution is -2.41. The number of nitrogens with two attached hydrogens (primary N) is 4. The zero-order valence-electron chi connectivity index (χ0n) is 64.1. The van der Waals surface area contributed by atoms with Crippen molar-refractivity contribution in [2.24, 2.45) is 0 Å². The van der Waals surface area contributed by atoms with E-state index in [-0.39, 0.29) is 101 Å². The van der Waals surface area contributed by atoms with Gasteiger partial charge in [0.2, 0.25) is 0 Å². The molecule has 3 fully saturated rings. The molecule has 0 aliphatic carbocycles. The van der Waals surface area contributed by atoms with Crippen LogP contribution < -0.4 is 28.4 Å². The van der Waals surface area contributed by atoms with Crippen LogP contribution in [0.3, 0.4) is 0 Å². The minimum atomic E-state index is -0.514. The molecule has 0 atom stereocenters. The Hall–Kier alpha value is -8.71. The number of carbonyl (C=O) groups excluding carboxylic acids is 4. The number of aliphatic hydroxyl groups is 1. The van der Waals surface area contributed by atoms with Crippen molar-refractivity contribution >= 4 is 116 Å². The Morgan fingerprint density at radius 3 is 1.08 bits per heavy atom. The number of esters is 4. The molecule has 3 saturated heterocycles. The first-order valence-corrected chi connectivity index (χ1v) is 35.9. The number of halogens is 2. The van der Waals surface area contributed by atoms with E-state index < -0.39 is 23.9 Å². The molecule has 0 radical (unpaired) electrons. The largest absolute Gasteiger partial charge is 0.494 e. The molecule has 25 nitrogen and oxygen atoms in total. The smallest absolute Gasteiger partial charge is 0.469 e. The van der Waals surface area contributed by atoms with E-state index >= 15 is 0 Å². The average Bonchev–Trinajstić information content (AvgIpc) is 1.59. The molecule has 30 heteroatoms. The Morgan fingerprint density at radius 1 is 0.417 bits per heavy atom. The van der Waals surface area contributed by atoms with Gasteiger partial charge >= 0.3 is 50.7 Å². The van der Waals surface area contributed by atoms with Crippen molar-refractivity contribution in [3.63, 3.8) is 0 Å². The second kappa shape index (κ2) is 42.3. The maximum absolute atomic E-state index is 11.2. The average molecular weight is 1620 g/mol. The number of nitrogen functional groups attached to an aromatic ring is 4. The first-order valence-electron chi connectivity index (χ1n) is 34.3. The van der Waals surface area contributed by atoms with E-state index in [1.54, 1.807) is 42.5 Å². The highest BCUT2D eigenvalue weighted by Crippen LogP contribution is 2.44. The maximum Gasteiger partial charge on any atom is 0.494 e. The maximum atomic E-state index is 11.2. The summed E-state index contributed by atoms with van der Waals surface area (Å²) in [7, 11) is 5.23. The van der Waals surface area contributed by atoms with Crippen LogP contribution in [-0.2, 0) is 91.7 Å². The number of aryl methyl sites for hydroxylation is 4. The Bertz CT molecular complexity index is 4040. The van der Waals surface area contributed by atoms with Crippen LogP contribution in [0, 0.1) is 20.2 Å². The van der Waals surface area contributed by atoms with Crippen LogP contribution in [0.4, 0.5) is 34.1 Å². The van der Waals surface area contributed by atoms with Crippen LogP contribution in [-0.4, -0.2) is 129 Å². The van der Waals surface area contributed by atoms with Crippen LogP contribution in [0.25, 0.3) is 22.3 Å². The number of methoxy groups -OCH3 is 4. The molecular formula is C78H105B3Br2N6O19. The fraction of sp³-hybridized carbons (Fsp3) is 0.410. The molecule has 10 rings (SSSR count). The predicted molar refractivity (Wildman–Crippen MR) is 434 cm³/mol. The first kappa shape index (κ1) is 93.5. The van der Waals surface area contributed by atoms with Gasteiger partial charge < -0.3 is 74.9 Å². The van der Waals surface area contributed by atoms with E-state index in [0.29, 0.717) is 65.5 Å². The Morgan fingerprint density at radius 2 is 0.722 bits per heavy atom. The van der Waals surface area contributed by atoms with Crippen molar-refractivity contribution in [3.8, 4) is 22.3 Å². The van der Waals surface area contributed by atoms with E-state index in [4.69, 9.17) is 56.0 Å². The summed E-state index contributed by atoms with van der Waals surface area (Å²) < 4.78 is 55.8. The van der Waals surface area contributed by atoms with Crippen LogP contribution in [0.15, 0.2) is 161 Å². The quantitative estimate of drug-likeness (QED) is 0.0133. The SMILES string of the molecule is C.CC1(C)OB(B2OC(C)(C)C(C)(C)O2)OC1(C)C.CO.COC(=O)CCc1cccc(-c2cccc(N)c2N)c1.COC(=O)CCc1cccc(-c2cccc(N)c2[N+](=O)[O-])c1.COC(=O)CCc1cccc(B2OC(C)(C)C(C)(C)O2)c1.COC(=O)CCc1cccc(Br)c1.Nc1cccc(Br)c1[N+](=O)[O-]. The molecule has 0 saturated carbocycles. The number of nitro benzene ring substituents is 2. The summed E-state index contributed by atoms with van der Waals surface area (Å²) >= 11 is 6.40. The lowest BCUT2D eigenvalue weighted by atomic mass is 9.49. The van der Waals surface area contributed by atoms with E-state index in [9.17, 15) is 39.4 Å². The summed E-state index contributed by atoms with van der Waals surface area (Å²) in [6, 6.07) is 46.2. The van der Waals surface area contributed by atoms with Crippen LogP contribution >= 0.6 is 31.9 Å². The predicted octanol–water partition coefficient (Wildman–Crippen LogP) is 14.7. The minimum absolute atomic E-state index is 0. The van der Waals surface area contributed by atoms with Gasteiger partial charge in [-0.1, -0.05) is 133 Å². The molecule has 0 unspecified atom stereocenters. The third-order valence-corrected chi connectivity index (χ3v) is 19.7. The third-order valence-electron chi connectivity index (χ3n) is 18.6. The molecule has 3 aliphatic rings. The van der Waals surface area contributed by atoms with Crippen molar-refractivity contribution in [2.75, 3.05) is 58.5 Å². The highest BCUT2D eigenvalue weighted by atomic mass is 79.9. The first-order chi connectivity index (χ1) is 50.1. The van der Waals surface area contributed by atoms with E-state index in [2.05, 4.69) is 50.8 Å². The molecule has 0 spiro atoms. The summed E-state index contributed by atoms with van der Waals surface area (Å²) in [5, 5.41) is 28.6. The number of rotatable bonds is 18. The van der Waals surface area contributed by atoms with E-state index in [0.717, 1.165) is 56.8 Å². The standard InChI is InChI=1S/C16H23BO4.C16H16N2O4.C16H18N2O2.C12H24B2O4.C10H11BrO2.C6H5BrN2O2.CH4O.CH4/c1-15(2)16(3,4)21-17(20-15)13-8-6-7-12(11-13)9-10-14(18)19-5;1-22-15(19)9-8-11-4-2-5-12(10-11)13-6-3-7-14(17)16(13)18(20)21;1-20-15(19)9-8-11-4-2-5-12(10-11)13-6-3-7-14(17)16(13)18;1-9(2)10(3,4)16-13(15-9)14-17-11(5,6)12(7,8)18-14;1-13-10(12)6-5-8-3-2-4-9(11)7-8;7-4-2-1-3-5(8)6(4)9(10)11;1-2;/h6-8,11H,9-10H2,1-5H3;2-7,10H,8-9,17H2,1H3;2-7,10H,8-9,17-18H2,1H3;1-8H3;2-4,7H,5-6H2,1H3;1-3H,8H2;2H,1H3;1H4. The van der Waals surface area contributed by atoms with Crippen LogP contribution in [0.5, 0.6) is 0 Å². The normalized spacial score (nSPS) is 15.3. The number of hydrogen-bond acceptors (Lipinski definition) is 23. The van der Waals surface area contributed by atoms with Crippen LogP contribution in [0.2, 0.25) is 0 Å². The van der Waals surface area contributed by atoms with Gasteiger partial charge in [0.15, 0.2) is 0 Å². The van der Waals surface area contributed by atoms with E-state index in [1.807, 2.05) is 180 Å². The van der Waals surface area contributed by atoms with Gasteiger partial charge in [0.25, 0.3) is 5.69 Å². The number of benzene rings is 7. The highest BCUT2D eigenvalue weighted by molar-refractivity contribution is 9.10. The van der Waals surface area contributed by atoms with Gasteiger partial charge in [-0.05, 0) is 206 Å². The van der Waals surface area contributed by atoms with Gasteiger partial charge in [0.1, 0.15) is 11.4 Å². The Labute approximate surface area is 653 Å². The molecule has 584 valence electrons. The second-order valence-corrected chi connectivity index (χ2v) is 29.4. The summed E-state index contributed by atoms with van der Waals surface area (Å²) in [6.45, 7) is 24.4. The molecule has 9 N–H and O–H groups in total. The Kier molecular flexibility index (Phi) is 36.6. The van der Waals surface area contributed by atoms with Gasteiger partial charge in [-0.3, -0.25) is 39.4 Å². The number of hydrogen-bond donors (Lipinski definition) is 5. The molecule has 3 aliphatic heterocycles. The lowest BCUT2D eigenvalue weighted by Gasteiger charge is -2.32. The molecule has 7 aromatic carbocycles. The van der Waals surface area contributed by atoms with Crippen molar-refractivity contribution in [1.82, 2.24) is 0 Å². The molecular weight excluding hydrogens is 1520 g/mol. The number of nitro groups is 2. The minimum Gasteiger partial charge on any atom is -0.469 e. The summed E-state index contributed by atoms with van der Waals surface area (Å²) in [5.74, 6) is -0.866. The van der Waals surface area contributed by atoms with E-state index in [1.165, 1.54) is 40.6 Å². The van der Waals surface area contributed by atoms with Gasteiger partial charge in [0, 0.05) is 42.8 Å². The van der Waals surface area contributed by atoms with Gasteiger partial charge in [-0.2, -0.15) is 0 Å². The van der Waals surface area contributed by atoms with Crippen LogP contribution in [0.1, 0.15) is 138 Å². The van der Waals surface area contributed by atoms with Gasteiger partial charge in [-0.15, -0.1) is 0 Å². The molecule has 108 heavy (non-hydrogen) atoms. The molecule has 7 aromatic rings. The monoisotopic (exact) mass is 1620 g/mol. The highest BCUT2D eigenvalue weighted by Gasteiger charge is 2.64. The molecule has 0 bridgehead atoms. The van der Waals surface area contributed by atoms with Gasteiger partial charge in [-0.25, -0.2) is 0 Å². The fourth-order valence-electron chi connectivity index (χ4n) is 10.3. The summed E-state index contributed by atoms with van der Waals surface area (Å²) in [6.07, 6.45) is 3.98. The Balaban J connectivity index is 0.000000338. The number of aliphatic hydroxyl groups excluding tert-OH is 1. The number of carbonyl (C=O) groups is 4. The molecule has 0 amide bonds. The van der Waals surface area contributed by atoms with Crippen molar-refractivity contribution in [1.29, 1.82) is 0 Å².